The van der Waals surface area contributed by atoms with Gasteiger partial charge in [0.05, 0.1) is 22.5 Å². The lowest BCUT2D eigenvalue weighted by molar-refractivity contribution is 0.140. The highest BCUT2D eigenvalue weighted by molar-refractivity contribution is 6.31. The summed E-state index contributed by atoms with van der Waals surface area (Å²) in [6, 6.07) is 8.42. The number of aliphatic hydroxyl groups excluding tert-OH is 1. The fourth-order valence-electron chi connectivity index (χ4n) is 3.39. The number of fused-ring (bicyclic) bond motifs is 1. The molecule has 0 saturated carbocycles. The second-order valence-corrected chi connectivity index (χ2v) is 6.16. The van der Waals surface area contributed by atoms with Gasteiger partial charge in [-0.05, 0) is 37.8 Å². The van der Waals surface area contributed by atoms with E-state index in [1.807, 2.05) is 18.5 Å². The van der Waals surface area contributed by atoms with Crippen molar-refractivity contribution in [2.75, 3.05) is 0 Å². The largest absolute Gasteiger partial charge is 0.392 e. The summed E-state index contributed by atoms with van der Waals surface area (Å²) in [6.07, 6.45) is 2.22. The van der Waals surface area contributed by atoms with E-state index in [9.17, 15) is 5.11 Å². The molecular formula is C17H21ClN2O. The summed E-state index contributed by atoms with van der Waals surface area (Å²) >= 11 is 6.35. The van der Waals surface area contributed by atoms with Crippen molar-refractivity contribution in [2.24, 2.45) is 0 Å². The summed E-state index contributed by atoms with van der Waals surface area (Å²) in [7, 11) is 0. The molecule has 4 heteroatoms. The summed E-state index contributed by atoms with van der Waals surface area (Å²) in [5, 5.41) is 15.8. The summed E-state index contributed by atoms with van der Waals surface area (Å²) in [5.74, 6) is 0.206. The maximum atomic E-state index is 10.7. The minimum absolute atomic E-state index is 0.206. The van der Waals surface area contributed by atoms with E-state index < -0.39 is 6.10 Å². The Bertz CT molecular complexity index is 650. The van der Waals surface area contributed by atoms with E-state index in [1.165, 1.54) is 11.1 Å². The van der Waals surface area contributed by atoms with Crippen molar-refractivity contribution in [1.29, 1.82) is 0 Å². The van der Waals surface area contributed by atoms with Gasteiger partial charge in [-0.3, -0.25) is 4.68 Å². The van der Waals surface area contributed by atoms with E-state index in [0.29, 0.717) is 11.4 Å². The van der Waals surface area contributed by atoms with Crippen LogP contribution in [0.15, 0.2) is 24.3 Å². The zero-order valence-corrected chi connectivity index (χ0v) is 13.3. The number of aromatic nitrogens is 2. The number of benzene rings is 1. The van der Waals surface area contributed by atoms with Crippen LogP contribution in [0, 0.1) is 6.92 Å². The third-order valence-corrected chi connectivity index (χ3v) is 4.99. The molecule has 1 aromatic heterocycles. The highest BCUT2D eigenvalue weighted by atomic mass is 35.5. The molecule has 3 nitrogen and oxygen atoms in total. The molecule has 0 radical (unpaired) electrons. The van der Waals surface area contributed by atoms with E-state index in [2.05, 4.69) is 29.4 Å². The van der Waals surface area contributed by atoms with Gasteiger partial charge in [0.25, 0.3) is 0 Å². The first-order chi connectivity index (χ1) is 10.1. The second kappa shape index (κ2) is 5.82. The van der Waals surface area contributed by atoms with Gasteiger partial charge in [0.15, 0.2) is 0 Å². The third-order valence-electron chi connectivity index (χ3n) is 4.50. The average Bonchev–Trinajstić information content (AvgIpc) is 3.03. The summed E-state index contributed by atoms with van der Waals surface area (Å²) in [5.41, 5.74) is 4.45. The fourth-order valence-corrected chi connectivity index (χ4v) is 3.61. The van der Waals surface area contributed by atoms with E-state index in [1.54, 1.807) is 0 Å². The molecule has 0 saturated heterocycles. The van der Waals surface area contributed by atoms with Crippen LogP contribution < -0.4 is 0 Å². The van der Waals surface area contributed by atoms with Gasteiger partial charge in [0.2, 0.25) is 0 Å². The topological polar surface area (TPSA) is 38.0 Å². The van der Waals surface area contributed by atoms with Crippen LogP contribution in [0.5, 0.6) is 0 Å². The molecule has 2 unspecified atom stereocenters. The molecule has 1 aromatic carbocycles. The zero-order chi connectivity index (χ0) is 15.0. The number of hydrogen-bond acceptors (Lipinski definition) is 2. The lowest BCUT2D eigenvalue weighted by atomic mass is 9.92. The van der Waals surface area contributed by atoms with Gasteiger partial charge < -0.3 is 5.11 Å². The van der Waals surface area contributed by atoms with Crippen molar-refractivity contribution in [3.63, 3.8) is 0 Å². The smallest absolute Gasteiger partial charge is 0.0848 e. The van der Waals surface area contributed by atoms with Crippen molar-refractivity contribution in [3.05, 3.63) is 51.8 Å². The molecule has 1 aliphatic carbocycles. The first-order valence-electron chi connectivity index (χ1n) is 7.59. The van der Waals surface area contributed by atoms with Crippen molar-refractivity contribution in [3.8, 4) is 0 Å². The van der Waals surface area contributed by atoms with Crippen LogP contribution in [0.4, 0.5) is 0 Å². The molecule has 2 aromatic rings. The highest BCUT2D eigenvalue weighted by Crippen LogP contribution is 2.37. The Morgan fingerprint density at radius 3 is 2.95 bits per heavy atom. The number of aliphatic hydroxyl groups is 1. The van der Waals surface area contributed by atoms with Crippen LogP contribution in [0.1, 0.15) is 41.8 Å². The zero-order valence-electron chi connectivity index (χ0n) is 12.5. The molecule has 0 amide bonds. The monoisotopic (exact) mass is 304 g/mol. The molecule has 0 bridgehead atoms. The third kappa shape index (κ3) is 2.60. The van der Waals surface area contributed by atoms with Crippen LogP contribution in [0.25, 0.3) is 0 Å². The quantitative estimate of drug-likeness (QED) is 0.939. The van der Waals surface area contributed by atoms with Crippen LogP contribution in [0.3, 0.4) is 0 Å². The summed E-state index contributed by atoms with van der Waals surface area (Å²) in [6.45, 7) is 4.73. The number of nitrogens with zero attached hydrogens (tertiary/aromatic N) is 2. The molecule has 2 atom stereocenters. The molecule has 0 aliphatic heterocycles. The van der Waals surface area contributed by atoms with Gasteiger partial charge >= 0.3 is 0 Å². The van der Waals surface area contributed by atoms with E-state index in [4.69, 9.17) is 11.6 Å². The molecular weight excluding hydrogens is 284 g/mol. The number of aryl methyl sites for hydroxylation is 3. The Labute approximate surface area is 130 Å². The second-order valence-electron chi connectivity index (χ2n) is 5.78. The minimum atomic E-state index is -0.410. The van der Waals surface area contributed by atoms with Crippen LogP contribution in [0.2, 0.25) is 5.02 Å². The summed E-state index contributed by atoms with van der Waals surface area (Å²) in [4.78, 5) is 0. The van der Waals surface area contributed by atoms with Crippen molar-refractivity contribution in [2.45, 2.75) is 51.7 Å². The van der Waals surface area contributed by atoms with Gasteiger partial charge in [-0.15, -0.1) is 0 Å². The molecule has 1 aliphatic rings. The molecule has 112 valence electrons. The Morgan fingerprint density at radius 1 is 1.43 bits per heavy atom. The standard InChI is InChI=1S/C17H21ClN2O/c1-3-20-15(17(18)11(2)19-20)10-16(21)14-9-8-12-6-4-5-7-13(12)14/h4-7,14,16,21H,3,8-10H2,1-2H3. The van der Waals surface area contributed by atoms with E-state index >= 15 is 0 Å². The Hall–Kier alpha value is -1.32. The molecule has 21 heavy (non-hydrogen) atoms. The minimum Gasteiger partial charge on any atom is -0.392 e. The predicted molar refractivity (Wildman–Crippen MR) is 84.9 cm³/mol. The fraction of sp³-hybridized carbons (Fsp3) is 0.471. The van der Waals surface area contributed by atoms with Crippen LogP contribution >= 0.6 is 11.6 Å². The van der Waals surface area contributed by atoms with Crippen molar-refractivity contribution < 1.29 is 5.11 Å². The lowest BCUT2D eigenvalue weighted by Crippen LogP contribution is -2.21. The highest BCUT2D eigenvalue weighted by Gasteiger charge is 2.29. The normalized spacial score (nSPS) is 18.8. The Morgan fingerprint density at radius 2 is 2.19 bits per heavy atom. The predicted octanol–water partition coefficient (Wildman–Crippen LogP) is 3.50. The maximum Gasteiger partial charge on any atom is 0.0848 e. The SMILES string of the molecule is CCn1nc(C)c(Cl)c1CC(O)C1CCc2ccccc21. The maximum absolute atomic E-state index is 10.7. The van der Waals surface area contributed by atoms with Gasteiger partial charge in [0, 0.05) is 18.9 Å². The number of halogens is 1. The first kappa shape index (κ1) is 14.6. The molecule has 0 spiro atoms. The molecule has 3 rings (SSSR count). The van der Waals surface area contributed by atoms with E-state index in [0.717, 1.165) is 30.8 Å². The Kier molecular flexibility index (Phi) is 4.05. The van der Waals surface area contributed by atoms with Gasteiger partial charge in [-0.2, -0.15) is 5.10 Å². The van der Waals surface area contributed by atoms with Gasteiger partial charge in [0.1, 0.15) is 0 Å². The molecule has 1 heterocycles. The molecule has 1 N–H and O–H groups in total. The van der Waals surface area contributed by atoms with Crippen molar-refractivity contribution >= 4 is 11.6 Å². The van der Waals surface area contributed by atoms with Gasteiger partial charge in [-0.25, -0.2) is 0 Å². The number of rotatable bonds is 4. The van der Waals surface area contributed by atoms with E-state index in [-0.39, 0.29) is 5.92 Å². The lowest BCUT2D eigenvalue weighted by Gasteiger charge is -2.20. The molecule has 0 fully saturated rings. The summed E-state index contributed by atoms with van der Waals surface area (Å²) < 4.78 is 1.90. The average molecular weight is 305 g/mol. The van der Waals surface area contributed by atoms with Gasteiger partial charge in [-0.1, -0.05) is 35.9 Å². The number of hydrogen-bond donors (Lipinski definition) is 1. The van der Waals surface area contributed by atoms with Crippen LogP contribution in [-0.2, 0) is 19.4 Å². The van der Waals surface area contributed by atoms with Crippen LogP contribution in [-0.4, -0.2) is 21.0 Å². The first-order valence-corrected chi connectivity index (χ1v) is 7.97. The Balaban J connectivity index is 1.83. The van der Waals surface area contributed by atoms with Crippen molar-refractivity contribution in [1.82, 2.24) is 9.78 Å².